The van der Waals surface area contributed by atoms with Crippen molar-refractivity contribution in [3.05, 3.63) is 75.5 Å². The van der Waals surface area contributed by atoms with Gasteiger partial charge in [-0.15, -0.1) is 0 Å². The number of benzene rings is 2. The predicted molar refractivity (Wildman–Crippen MR) is 93.9 cm³/mol. The second-order valence-electron chi connectivity index (χ2n) is 5.76. The molecule has 0 atom stereocenters. The van der Waals surface area contributed by atoms with Crippen LogP contribution in [0.4, 0.5) is 5.69 Å². The molecular formula is C19H17N3O3. The van der Waals surface area contributed by atoms with Crippen LogP contribution in [0.15, 0.2) is 48.5 Å². The summed E-state index contributed by atoms with van der Waals surface area (Å²) < 4.78 is 7.76. The zero-order valence-electron chi connectivity index (χ0n) is 13.8. The lowest BCUT2D eigenvalue weighted by Crippen LogP contribution is -2.04. The fourth-order valence-corrected chi connectivity index (χ4v) is 2.95. The van der Waals surface area contributed by atoms with Gasteiger partial charge in [-0.25, -0.2) is 0 Å². The van der Waals surface area contributed by atoms with Crippen LogP contribution in [0, 0.1) is 28.4 Å². The summed E-state index contributed by atoms with van der Waals surface area (Å²) >= 11 is 0. The highest BCUT2D eigenvalue weighted by Gasteiger charge is 2.19. The standard InChI is InChI=1S/C19H17N3O3/c1-14-11-17-16(9-10-20)19(22(23)24)8-7-18(17)21(14)13-25-12-15-5-3-2-4-6-15/h2-8,11H,9,12-13H2,1H3. The van der Waals surface area contributed by atoms with Crippen molar-refractivity contribution in [3.8, 4) is 6.07 Å². The van der Waals surface area contributed by atoms with Crippen molar-refractivity contribution >= 4 is 16.6 Å². The van der Waals surface area contributed by atoms with E-state index in [1.54, 1.807) is 6.07 Å². The van der Waals surface area contributed by atoms with Gasteiger partial charge < -0.3 is 9.30 Å². The first kappa shape index (κ1) is 16.7. The topological polar surface area (TPSA) is 81.1 Å². The quantitative estimate of drug-likeness (QED) is 0.502. The lowest BCUT2D eigenvalue weighted by atomic mass is 10.1. The van der Waals surface area contributed by atoms with Crippen molar-refractivity contribution in [2.24, 2.45) is 0 Å². The van der Waals surface area contributed by atoms with Gasteiger partial charge in [0.2, 0.25) is 0 Å². The van der Waals surface area contributed by atoms with Crippen LogP contribution in [-0.2, 0) is 24.5 Å². The first-order valence-corrected chi connectivity index (χ1v) is 7.86. The van der Waals surface area contributed by atoms with Gasteiger partial charge in [0.15, 0.2) is 0 Å². The van der Waals surface area contributed by atoms with Gasteiger partial charge in [0.1, 0.15) is 6.73 Å². The van der Waals surface area contributed by atoms with Gasteiger partial charge in [-0.1, -0.05) is 30.3 Å². The molecule has 0 fully saturated rings. The summed E-state index contributed by atoms with van der Waals surface area (Å²) in [6.45, 7) is 2.75. The molecule has 126 valence electrons. The van der Waals surface area contributed by atoms with Gasteiger partial charge in [-0.05, 0) is 24.6 Å². The minimum Gasteiger partial charge on any atom is -0.356 e. The fraction of sp³-hybridized carbons (Fsp3) is 0.211. The van der Waals surface area contributed by atoms with E-state index in [2.05, 4.69) is 0 Å². The maximum Gasteiger partial charge on any atom is 0.274 e. The molecule has 0 N–H and O–H groups in total. The number of hydrogen-bond acceptors (Lipinski definition) is 4. The van der Waals surface area contributed by atoms with Gasteiger partial charge in [0.25, 0.3) is 5.69 Å². The summed E-state index contributed by atoms with van der Waals surface area (Å²) in [5.74, 6) is 0. The number of aromatic nitrogens is 1. The van der Waals surface area contributed by atoms with Crippen molar-refractivity contribution in [3.63, 3.8) is 0 Å². The third-order valence-electron chi connectivity index (χ3n) is 4.16. The van der Waals surface area contributed by atoms with E-state index in [-0.39, 0.29) is 12.1 Å². The summed E-state index contributed by atoms with van der Waals surface area (Å²) in [5, 5.41) is 21.0. The Morgan fingerprint density at radius 2 is 2.00 bits per heavy atom. The molecule has 0 amide bonds. The Bertz CT molecular complexity index is 955. The Morgan fingerprint density at radius 3 is 2.68 bits per heavy atom. The largest absolute Gasteiger partial charge is 0.356 e. The van der Waals surface area contributed by atoms with Gasteiger partial charge in [0, 0.05) is 17.1 Å². The van der Waals surface area contributed by atoms with E-state index in [1.165, 1.54) is 6.07 Å². The summed E-state index contributed by atoms with van der Waals surface area (Å²) in [7, 11) is 0. The molecule has 0 radical (unpaired) electrons. The van der Waals surface area contributed by atoms with Crippen molar-refractivity contribution in [1.82, 2.24) is 4.57 Å². The van der Waals surface area contributed by atoms with Crippen molar-refractivity contribution in [2.45, 2.75) is 26.7 Å². The molecule has 3 aromatic rings. The Hall–Kier alpha value is -3.17. The number of nitro groups is 1. The van der Waals surface area contributed by atoms with Crippen molar-refractivity contribution < 1.29 is 9.66 Å². The molecule has 0 spiro atoms. The number of nitriles is 1. The molecule has 0 unspecified atom stereocenters. The highest BCUT2D eigenvalue weighted by molar-refractivity contribution is 5.88. The van der Waals surface area contributed by atoms with Gasteiger partial charge in [-0.3, -0.25) is 10.1 Å². The number of nitro benzene ring substituents is 1. The number of rotatable bonds is 6. The molecular weight excluding hydrogens is 318 g/mol. The first-order chi connectivity index (χ1) is 12.1. The maximum absolute atomic E-state index is 11.2. The third kappa shape index (κ3) is 3.37. The normalized spacial score (nSPS) is 10.7. The minimum absolute atomic E-state index is 0.00196. The number of ether oxygens (including phenoxy) is 1. The molecule has 2 aromatic carbocycles. The molecule has 0 aliphatic rings. The van der Waals surface area contributed by atoms with Crippen LogP contribution in [0.5, 0.6) is 0 Å². The average Bonchev–Trinajstić information content (AvgIpc) is 2.92. The second kappa shape index (κ2) is 7.16. The monoisotopic (exact) mass is 335 g/mol. The molecule has 1 heterocycles. The van der Waals surface area contributed by atoms with E-state index in [4.69, 9.17) is 10.00 Å². The van der Waals surface area contributed by atoms with E-state index in [0.29, 0.717) is 18.9 Å². The maximum atomic E-state index is 11.2. The van der Waals surface area contributed by atoms with Gasteiger partial charge in [-0.2, -0.15) is 5.26 Å². The fourth-order valence-electron chi connectivity index (χ4n) is 2.95. The molecule has 1 aromatic heterocycles. The molecule has 3 rings (SSSR count). The summed E-state index contributed by atoms with van der Waals surface area (Å²) in [6.07, 6.45) is 0.00196. The Morgan fingerprint density at radius 1 is 1.24 bits per heavy atom. The zero-order valence-corrected chi connectivity index (χ0v) is 13.8. The first-order valence-electron chi connectivity index (χ1n) is 7.86. The lowest BCUT2D eigenvalue weighted by Gasteiger charge is -2.10. The molecule has 6 nitrogen and oxygen atoms in total. The van der Waals surface area contributed by atoms with Gasteiger partial charge >= 0.3 is 0 Å². The Balaban J connectivity index is 1.91. The number of nitrogens with zero attached hydrogens (tertiary/aromatic N) is 3. The van der Waals surface area contributed by atoms with Crippen LogP contribution in [0.1, 0.15) is 16.8 Å². The van der Waals surface area contributed by atoms with E-state index >= 15 is 0 Å². The molecule has 0 aliphatic heterocycles. The van der Waals surface area contributed by atoms with Crippen LogP contribution < -0.4 is 0 Å². The van der Waals surface area contributed by atoms with Crippen LogP contribution >= 0.6 is 0 Å². The Labute approximate surface area is 145 Å². The number of hydrogen-bond donors (Lipinski definition) is 0. The smallest absolute Gasteiger partial charge is 0.274 e. The molecule has 0 aliphatic carbocycles. The van der Waals surface area contributed by atoms with Crippen molar-refractivity contribution in [1.29, 1.82) is 5.26 Å². The Kier molecular flexibility index (Phi) is 4.78. The SMILES string of the molecule is Cc1cc2c(CC#N)c([N+](=O)[O-])ccc2n1COCc1ccccc1. The molecule has 0 saturated heterocycles. The van der Waals surface area contributed by atoms with E-state index in [1.807, 2.05) is 54.0 Å². The van der Waals surface area contributed by atoms with Crippen LogP contribution in [0.25, 0.3) is 10.9 Å². The molecule has 25 heavy (non-hydrogen) atoms. The van der Waals surface area contributed by atoms with Crippen molar-refractivity contribution in [2.75, 3.05) is 0 Å². The van der Waals surface area contributed by atoms with Gasteiger partial charge in [0.05, 0.1) is 35.1 Å². The van der Waals surface area contributed by atoms with E-state index in [9.17, 15) is 10.1 Å². The third-order valence-corrected chi connectivity index (χ3v) is 4.16. The van der Waals surface area contributed by atoms with Crippen LogP contribution in [0.3, 0.4) is 0 Å². The van der Waals surface area contributed by atoms with E-state index in [0.717, 1.165) is 22.2 Å². The zero-order chi connectivity index (χ0) is 17.8. The summed E-state index contributed by atoms with van der Waals surface area (Å²) in [5.41, 5.74) is 3.29. The van der Waals surface area contributed by atoms with Crippen LogP contribution in [-0.4, -0.2) is 9.49 Å². The minimum atomic E-state index is -0.440. The van der Waals surface area contributed by atoms with Crippen LogP contribution in [0.2, 0.25) is 0 Å². The molecule has 0 bridgehead atoms. The highest BCUT2D eigenvalue weighted by atomic mass is 16.6. The lowest BCUT2D eigenvalue weighted by molar-refractivity contribution is -0.385. The summed E-state index contributed by atoms with van der Waals surface area (Å²) in [6, 6.07) is 16.9. The summed E-state index contributed by atoms with van der Waals surface area (Å²) in [4.78, 5) is 10.8. The number of fused-ring (bicyclic) bond motifs is 1. The predicted octanol–water partition coefficient (Wildman–Crippen LogP) is 4.10. The number of aryl methyl sites for hydroxylation is 1. The second-order valence-corrected chi connectivity index (χ2v) is 5.76. The highest BCUT2D eigenvalue weighted by Crippen LogP contribution is 2.31. The van der Waals surface area contributed by atoms with E-state index < -0.39 is 4.92 Å². The molecule has 6 heteroatoms. The molecule has 0 saturated carbocycles. The average molecular weight is 335 g/mol.